The van der Waals surface area contributed by atoms with Crippen LogP contribution in [0.1, 0.15) is 0 Å². The number of benzene rings is 8. The average Bonchev–Trinajstić information content (AvgIpc) is 3.30. The molecule has 0 aromatic heterocycles. The lowest BCUT2D eigenvalue weighted by Gasteiger charge is -2.30. The predicted octanol–water partition coefficient (Wildman–Crippen LogP) is 15.4. The van der Waals surface area contributed by atoms with Crippen LogP contribution < -0.4 is 19.3 Å². The van der Waals surface area contributed by atoms with E-state index in [1.54, 1.807) is 18.2 Å². The highest BCUT2D eigenvalue weighted by atomic mass is 16.5. The van der Waals surface area contributed by atoms with Gasteiger partial charge in [-0.05, 0) is 118 Å². The highest BCUT2D eigenvalue weighted by Gasteiger charge is 2.29. The van der Waals surface area contributed by atoms with Crippen LogP contribution in [0.4, 0.5) is 22.7 Å². The number of para-hydroxylation sites is 1. The van der Waals surface area contributed by atoms with Gasteiger partial charge in [-0.1, -0.05) is 98.6 Å². The lowest BCUT2D eigenvalue weighted by molar-refractivity contribution is 0.480. The Morgan fingerprint density at radius 1 is 0.533 bits per heavy atom. The number of hydrogen-bond donors (Lipinski definition) is 0. The first kappa shape index (κ1) is 36.0. The number of rotatable bonds is 10. The monoisotopic (exact) mass is 771 g/mol. The average molecular weight is 772 g/mol. The predicted molar refractivity (Wildman–Crippen MR) is 249 cm³/mol. The second-order valence-electron chi connectivity index (χ2n) is 14.6. The maximum atomic E-state index is 9.60. The molecule has 0 radical (unpaired) electrons. The molecule has 0 spiro atoms. The van der Waals surface area contributed by atoms with Gasteiger partial charge in [0.25, 0.3) is 0 Å². The molecule has 5 heteroatoms. The fraction of sp³-hybridized carbons (Fsp3) is 0. The number of ether oxygens (including phenoxy) is 2. The summed E-state index contributed by atoms with van der Waals surface area (Å²) in [6.07, 6.45) is 12.8. The molecule has 5 nitrogen and oxygen atoms in total. The first-order valence-corrected chi connectivity index (χ1v) is 19.7. The number of allylic oxidation sites excluding steroid dienone is 7. The number of nitrogens with zero attached hydrogens (tertiary/aromatic N) is 3. The second-order valence-corrected chi connectivity index (χ2v) is 14.6. The van der Waals surface area contributed by atoms with Crippen LogP contribution >= 0.6 is 0 Å². The Kier molecular flexibility index (Phi) is 8.94. The van der Waals surface area contributed by atoms with Gasteiger partial charge < -0.3 is 19.3 Å². The number of fused-ring (bicyclic) bond motifs is 7. The molecule has 0 unspecified atom stereocenters. The molecular formula is C55H37N3O2. The SMILES string of the molecule is C=C/C=C(\C=C)N(c1ccccc1)c1ccc2c(c1)Oc1ccc3c4c(ccc-2c14)Oc1cc(N(/C=C/C=C(/C#N)C=C)c2cc4ccccc4c4ccccc24)ccc1-3. The fourth-order valence-electron chi connectivity index (χ4n) is 8.52. The molecule has 0 atom stereocenters. The summed E-state index contributed by atoms with van der Waals surface area (Å²) in [7, 11) is 0. The molecule has 0 aliphatic carbocycles. The molecule has 10 rings (SSSR count). The van der Waals surface area contributed by atoms with Crippen LogP contribution in [0.2, 0.25) is 0 Å². The zero-order valence-corrected chi connectivity index (χ0v) is 32.7. The van der Waals surface area contributed by atoms with Crippen molar-refractivity contribution in [1.29, 1.82) is 5.26 Å². The Morgan fingerprint density at radius 2 is 1.13 bits per heavy atom. The summed E-state index contributed by atoms with van der Waals surface area (Å²) < 4.78 is 13.6. The molecule has 60 heavy (non-hydrogen) atoms. The largest absolute Gasteiger partial charge is 0.456 e. The summed E-state index contributed by atoms with van der Waals surface area (Å²) in [5.41, 5.74) is 9.39. The van der Waals surface area contributed by atoms with Gasteiger partial charge >= 0.3 is 0 Å². The van der Waals surface area contributed by atoms with Crippen LogP contribution in [-0.4, -0.2) is 0 Å². The van der Waals surface area contributed by atoms with Crippen molar-refractivity contribution in [3.63, 3.8) is 0 Å². The van der Waals surface area contributed by atoms with Gasteiger partial charge in [0.2, 0.25) is 0 Å². The van der Waals surface area contributed by atoms with Crippen molar-refractivity contribution in [2.24, 2.45) is 0 Å². The molecule has 0 fully saturated rings. The van der Waals surface area contributed by atoms with Gasteiger partial charge in [0, 0.05) is 68.4 Å². The van der Waals surface area contributed by atoms with Crippen molar-refractivity contribution in [3.05, 3.63) is 219 Å². The minimum atomic E-state index is 0.476. The van der Waals surface area contributed by atoms with E-state index in [0.717, 1.165) is 101 Å². The highest BCUT2D eigenvalue weighted by Crippen LogP contribution is 2.56. The third-order valence-electron chi connectivity index (χ3n) is 11.2. The molecule has 284 valence electrons. The Hall–Kier alpha value is -8.33. The summed E-state index contributed by atoms with van der Waals surface area (Å²) >= 11 is 0. The summed E-state index contributed by atoms with van der Waals surface area (Å²) in [5, 5.41) is 16.2. The molecule has 0 N–H and O–H groups in total. The van der Waals surface area contributed by atoms with Crippen molar-refractivity contribution in [2.45, 2.75) is 0 Å². The van der Waals surface area contributed by atoms with Gasteiger partial charge in [0.1, 0.15) is 23.0 Å². The normalized spacial score (nSPS) is 12.6. The summed E-state index contributed by atoms with van der Waals surface area (Å²) in [6.45, 7) is 11.8. The van der Waals surface area contributed by atoms with Crippen LogP contribution in [0.25, 0.3) is 54.6 Å². The second kappa shape index (κ2) is 14.9. The standard InChI is InChI=1S/C55H37N3O2/c1-4-15-38(6-3)58(39-18-8-7-9-19-39)41-24-26-46-48-28-29-50-54-47(27-30-51(55(48)54)60-53(46)34-41)45-25-23-40(33-52(45)59-50)57(31-14-16-36(5-2)35-56)49-32-37-17-10-11-20-42(37)43-21-12-13-22-44(43)49/h4-34H,1-3H2/b31-14+,36-16+,38-15+. The fourth-order valence-corrected chi connectivity index (χ4v) is 8.52. The maximum Gasteiger partial charge on any atom is 0.137 e. The lowest BCUT2D eigenvalue weighted by Crippen LogP contribution is -2.15. The van der Waals surface area contributed by atoms with Crippen molar-refractivity contribution in [3.8, 4) is 51.3 Å². The molecule has 8 aromatic carbocycles. The van der Waals surface area contributed by atoms with Gasteiger partial charge in [-0.15, -0.1) is 0 Å². The van der Waals surface area contributed by atoms with Gasteiger partial charge in [-0.2, -0.15) is 5.26 Å². The molecule has 2 aliphatic rings. The minimum absolute atomic E-state index is 0.476. The smallest absolute Gasteiger partial charge is 0.137 e. The van der Waals surface area contributed by atoms with E-state index in [1.807, 2.05) is 42.6 Å². The summed E-state index contributed by atoms with van der Waals surface area (Å²) in [4.78, 5) is 4.31. The van der Waals surface area contributed by atoms with Crippen LogP contribution in [0.15, 0.2) is 219 Å². The zero-order chi connectivity index (χ0) is 40.7. The molecule has 2 aliphatic heterocycles. The quantitative estimate of drug-likeness (QED) is 0.0787. The van der Waals surface area contributed by atoms with Gasteiger partial charge in [0.05, 0.1) is 17.3 Å². The van der Waals surface area contributed by atoms with Crippen molar-refractivity contribution in [1.82, 2.24) is 0 Å². The summed E-state index contributed by atoms with van der Waals surface area (Å²) in [6, 6.07) is 52.7. The molecule has 0 saturated heterocycles. The Bertz CT molecular complexity index is 3240. The topological polar surface area (TPSA) is 48.7 Å². The first-order valence-electron chi connectivity index (χ1n) is 19.7. The first-order chi connectivity index (χ1) is 29.6. The zero-order valence-electron chi connectivity index (χ0n) is 32.7. The number of nitriles is 1. The molecular weight excluding hydrogens is 735 g/mol. The molecule has 2 heterocycles. The van der Waals surface area contributed by atoms with Crippen LogP contribution in [0.5, 0.6) is 23.0 Å². The van der Waals surface area contributed by atoms with E-state index in [2.05, 4.69) is 163 Å². The molecule has 0 saturated carbocycles. The van der Waals surface area contributed by atoms with Crippen LogP contribution in [0.3, 0.4) is 0 Å². The van der Waals surface area contributed by atoms with Gasteiger partial charge in [-0.3, -0.25) is 0 Å². The van der Waals surface area contributed by atoms with Crippen LogP contribution in [0, 0.1) is 11.3 Å². The van der Waals surface area contributed by atoms with E-state index in [1.165, 1.54) is 5.39 Å². The number of hydrogen-bond acceptors (Lipinski definition) is 5. The van der Waals surface area contributed by atoms with Crippen LogP contribution in [-0.2, 0) is 0 Å². The van der Waals surface area contributed by atoms with Gasteiger partial charge in [-0.25, -0.2) is 0 Å². The highest BCUT2D eigenvalue weighted by molar-refractivity contribution is 6.16. The van der Waals surface area contributed by atoms with E-state index in [0.29, 0.717) is 5.57 Å². The lowest BCUT2D eigenvalue weighted by atomic mass is 9.88. The van der Waals surface area contributed by atoms with Crippen molar-refractivity contribution < 1.29 is 9.47 Å². The maximum absolute atomic E-state index is 9.60. The van der Waals surface area contributed by atoms with E-state index < -0.39 is 0 Å². The third-order valence-corrected chi connectivity index (χ3v) is 11.2. The molecule has 0 bridgehead atoms. The Morgan fingerprint density at radius 3 is 1.78 bits per heavy atom. The van der Waals surface area contributed by atoms with E-state index in [9.17, 15) is 5.26 Å². The van der Waals surface area contributed by atoms with Gasteiger partial charge in [0.15, 0.2) is 0 Å². The Labute approximate surface area is 348 Å². The van der Waals surface area contributed by atoms with E-state index >= 15 is 0 Å². The number of anilines is 4. The Balaban J connectivity index is 1.08. The molecule has 8 aromatic rings. The van der Waals surface area contributed by atoms with E-state index in [-0.39, 0.29) is 0 Å². The molecule has 0 amide bonds. The summed E-state index contributed by atoms with van der Waals surface area (Å²) in [5.74, 6) is 3.07. The van der Waals surface area contributed by atoms with Crippen molar-refractivity contribution in [2.75, 3.05) is 9.80 Å². The van der Waals surface area contributed by atoms with Crippen molar-refractivity contribution >= 4 is 55.1 Å². The van der Waals surface area contributed by atoms with E-state index in [4.69, 9.17) is 9.47 Å². The minimum Gasteiger partial charge on any atom is -0.456 e. The third kappa shape index (κ3) is 5.95.